The molecule has 0 atom stereocenters. The number of hydrogen-bond acceptors (Lipinski definition) is 2. The van der Waals surface area contributed by atoms with E-state index in [-0.39, 0.29) is 0 Å². The van der Waals surface area contributed by atoms with Gasteiger partial charge in [0.1, 0.15) is 6.07 Å². The fourth-order valence-electron chi connectivity index (χ4n) is 2.63. The van der Waals surface area contributed by atoms with Gasteiger partial charge < -0.3 is 5.32 Å². The summed E-state index contributed by atoms with van der Waals surface area (Å²) in [4.78, 5) is 0. The van der Waals surface area contributed by atoms with E-state index < -0.39 is 0 Å². The van der Waals surface area contributed by atoms with Crippen LogP contribution in [0.4, 0.5) is 5.69 Å². The highest BCUT2D eigenvalue weighted by atomic mass is 14.9. The largest absolute Gasteiger partial charge is 0.380 e. The molecule has 0 spiro atoms. The van der Waals surface area contributed by atoms with E-state index in [1.807, 2.05) is 25.1 Å². The van der Waals surface area contributed by atoms with Gasteiger partial charge >= 0.3 is 0 Å². The molecule has 0 aromatic heterocycles. The van der Waals surface area contributed by atoms with E-state index in [0.29, 0.717) is 12.1 Å². The molecule has 3 aromatic carbocycles. The standard InChI is InChI=1S/C19H16N2/c1-14-6-4-9-16(12-20)19(14)21-13-17-10-5-8-15-7-2-3-11-18(15)17/h2-11,21H,13H2,1H3. The Morgan fingerprint density at radius 3 is 2.57 bits per heavy atom. The highest BCUT2D eigenvalue weighted by Gasteiger charge is 2.06. The minimum atomic E-state index is 0.690. The lowest BCUT2D eigenvalue weighted by molar-refractivity contribution is 1.15. The predicted octanol–water partition coefficient (Wildman–Crippen LogP) is 4.63. The number of nitriles is 1. The van der Waals surface area contributed by atoms with Gasteiger partial charge in [-0.3, -0.25) is 0 Å². The molecule has 3 rings (SSSR count). The van der Waals surface area contributed by atoms with Crippen molar-refractivity contribution in [3.63, 3.8) is 0 Å². The van der Waals surface area contributed by atoms with E-state index in [0.717, 1.165) is 11.3 Å². The number of nitrogens with zero attached hydrogens (tertiary/aromatic N) is 1. The molecule has 0 heterocycles. The molecule has 2 heteroatoms. The first-order valence-corrected chi connectivity index (χ1v) is 7.00. The molecular formula is C19H16N2. The van der Waals surface area contributed by atoms with Crippen LogP contribution in [0.1, 0.15) is 16.7 Å². The number of anilines is 1. The third-order valence-corrected chi connectivity index (χ3v) is 3.73. The second kappa shape index (κ2) is 5.68. The van der Waals surface area contributed by atoms with Crippen molar-refractivity contribution in [3.8, 4) is 6.07 Å². The van der Waals surface area contributed by atoms with E-state index >= 15 is 0 Å². The maximum absolute atomic E-state index is 9.22. The molecule has 0 aliphatic carbocycles. The van der Waals surface area contributed by atoms with E-state index in [2.05, 4.69) is 53.9 Å². The van der Waals surface area contributed by atoms with Crippen LogP contribution in [0.15, 0.2) is 60.7 Å². The minimum absolute atomic E-state index is 0.690. The summed E-state index contributed by atoms with van der Waals surface area (Å²) >= 11 is 0. The van der Waals surface area contributed by atoms with Gasteiger partial charge in [0.15, 0.2) is 0 Å². The van der Waals surface area contributed by atoms with Crippen LogP contribution in [0.3, 0.4) is 0 Å². The number of fused-ring (bicyclic) bond motifs is 1. The van der Waals surface area contributed by atoms with E-state index in [4.69, 9.17) is 0 Å². The Kier molecular flexibility index (Phi) is 3.57. The summed E-state index contributed by atoms with van der Waals surface area (Å²) in [5, 5.41) is 15.1. The first kappa shape index (κ1) is 13.2. The summed E-state index contributed by atoms with van der Waals surface area (Å²) in [5.74, 6) is 0. The summed E-state index contributed by atoms with van der Waals surface area (Å²) in [6.45, 7) is 2.73. The van der Waals surface area contributed by atoms with Crippen molar-refractivity contribution in [1.29, 1.82) is 5.26 Å². The van der Waals surface area contributed by atoms with Gasteiger partial charge in [-0.25, -0.2) is 0 Å². The molecule has 0 amide bonds. The third-order valence-electron chi connectivity index (χ3n) is 3.73. The zero-order valence-electron chi connectivity index (χ0n) is 11.9. The Balaban J connectivity index is 1.93. The summed E-state index contributed by atoms with van der Waals surface area (Å²) in [6, 6.07) is 22.7. The highest BCUT2D eigenvalue weighted by molar-refractivity contribution is 5.85. The van der Waals surface area contributed by atoms with Crippen LogP contribution in [0.25, 0.3) is 10.8 Å². The zero-order chi connectivity index (χ0) is 14.7. The van der Waals surface area contributed by atoms with Gasteiger partial charge in [0, 0.05) is 6.54 Å². The highest BCUT2D eigenvalue weighted by Crippen LogP contribution is 2.23. The van der Waals surface area contributed by atoms with Gasteiger partial charge in [-0.2, -0.15) is 5.26 Å². The Hall–Kier alpha value is -2.79. The van der Waals surface area contributed by atoms with Gasteiger partial charge in [0.2, 0.25) is 0 Å². The molecule has 0 radical (unpaired) electrons. The second-order valence-corrected chi connectivity index (χ2v) is 5.10. The smallest absolute Gasteiger partial charge is 0.101 e. The van der Waals surface area contributed by atoms with Crippen molar-refractivity contribution in [1.82, 2.24) is 0 Å². The molecule has 3 aromatic rings. The maximum Gasteiger partial charge on any atom is 0.101 e. The van der Waals surface area contributed by atoms with Crippen LogP contribution in [0, 0.1) is 18.3 Å². The number of benzene rings is 3. The number of aryl methyl sites for hydroxylation is 1. The van der Waals surface area contributed by atoms with Crippen molar-refractivity contribution in [3.05, 3.63) is 77.4 Å². The summed E-state index contributed by atoms with van der Waals surface area (Å²) in [7, 11) is 0. The first-order chi connectivity index (χ1) is 10.3. The number of rotatable bonds is 3. The van der Waals surface area contributed by atoms with Crippen molar-refractivity contribution in [2.24, 2.45) is 0 Å². The summed E-state index contributed by atoms with van der Waals surface area (Å²) < 4.78 is 0. The predicted molar refractivity (Wildman–Crippen MR) is 87.2 cm³/mol. The minimum Gasteiger partial charge on any atom is -0.380 e. The van der Waals surface area contributed by atoms with Crippen molar-refractivity contribution in [2.45, 2.75) is 13.5 Å². The van der Waals surface area contributed by atoms with Gasteiger partial charge in [-0.15, -0.1) is 0 Å². The van der Waals surface area contributed by atoms with Gasteiger partial charge in [-0.1, -0.05) is 54.6 Å². The van der Waals surface area contributed by atoms with E-state index in [1.54, 1.807) is 0 Å². The van der Waals surface area contributed by atoms with Crippen molar-refractivity contribution >= 4 is 16.5 Å². The Labute approximate surface area is 124 Å². The lowest BCUT2D eigenvalue weighted by atomic mass is 10.0. The molecular weight excluding hydrogens is 256 g/mol. The lowest BCUT2D eigenvalue weighted by Gasteiger charge is -2.13. The monoisotopic (exact) mass is 272 g/mol. The van der Waals surface area contributed by atoms with Gasteiger partial charge in [0.05, 0.1) is 11.3 Å². The van der Waals surface area contributed by atoms with E-state index in [9.17, 15) is 5.26 Å². The number of nitrogens with one attached hydrogen (secondary N) is 1. The van der Waals surface area contributed by atoms with Gasteiger partial charge in [-0.05, 0) is 34.9 Å². The maximum atomic E-state index is 9.22. The van der Waals surface area contributed by atoms with Crippen LogP contribution < -0.4 is 5.32 Å². The average molecular weight is 272 g/mol. The van der Waals surface area contributed by atoms with Crippen LogP contribution in [-0.4, -0.2) is 0 Å². The number of para-hydroxylation sites is 1. The lowest BCUT2D eigenvalue weighted by Crippen LogP contribution is -2.03. The summed E-state index contributed by atoms with van der Waals surface area (Å²) in [6.07, 6.45) is 0. The molecule has 0 unspecified atom stereocenters. The molecule has 0 bridgehead atoms. The van der Waals surface area contributed by atoms with Crippen LogP contribution in [0.5, 0.6) is 0 Å². The van der Waals surface area contributed by atoms with Crippen molar-refractivity contribution < 1.29 is 0 Å². The molecule has 0 aliphatic heterocycles. The van der Waals surface area contributed by atoms with E-state index in [1.165, 1.54) is 16.3 Å². The zero-order valence-corrected chi connectivity index (χ0v) is 11.9. The molecule has 0 saturated heterocycles. The average Bonchev–Trinajstić information content (AvgIpc) is 2.53. The summed E-state index contributed by atoms with van der Waals surface area (Å²) in [5.41, 5.74) is 3.94. The second-order valence-electron chi connectivity index (χ2n) is 5.10. The molecule has 2 nitrogen and oxygen atoms in total. The SMILES string of the molecule is Cc1cccc(C#N)c1NCc1cccc2ccccc12. The molecule has 1 N–H and O–H groups in total. The molecule has 0 fully saturated rings. The molecule has 0 saturated carbocycles. The Morgan fingerprint density at radius 2 is 1.71 bits per heavy atom. The Morgan fingerprint density at radius 1 is 0.952 bits per heavy atom. The number of hydrogen-bond donors (Lipinski definition) is 1. The fourth-order valence-corrected chi connectivity index (χ4v) is 2.63. The Bertz CT molecular complexity index is 823. The van der Waals surface area contributed by atoms with Crippen LogP contribution in [-0.2, 0) is 6.54 Å². The molecule has 0 aliphatic rings. The fraction of sp³-hybridized carbons (Fsp3) is 0.105. The topological polar surface area (TPSA) is 35.8 Å². The molecule has 21 heavy (non-hydrogen) atoms. The van der Waals surface area contributed by atoms with Crippen LogP contribution in [0.2, 0.25) is 0 Å². The van der Waals surface area contributed by atoms with Crippen LogP contribution >= 0.6 is 0 Å². The quantitative estimate of drug-likeness (QED) is 0.754. The van der Waals surface area contributed by atoms with Gasteiger partial charge in [0.25, 0.3) is 0 Å². The third kappa shape index (κ3) is 2.59. The molecule has 102 valence electrons. The normalized spacial score (nSPS) is 10.3. The van der Waals surface area contributed by atoms with Crippen molar-refractivity contribution in [2.75, 3.05) is 5.32 Å². The first-order valence-electron chi connectivity index (χ1n) is 7.00.